The average molecular weight is 654 g/mol. The van der Waals surface area contributed by atoms with Crippen LogP contribution in [-0.4, -0.2) is 59.3 Å². The molecule has 11 nitrogen and oxygen atoms in total. The maximum absolute atomic E-state index is 13.0. The van der Waals surface area contributed by atoms with Crippen LogP contribution >= 0.6 is 11.6 Å². The fraction of sp³-hybridized carbons (Fsp3) is 0.562. The van der Waals surface area contributed by atoms with Gasteiger partial charge in [0.05, 0.1) is 12.2 Å². The molecule has 1 amide bonds. The second-order valence-corrected chi connectivity index (χ2v) is 15.8. The fourth-order valence-corrected chi connectivity index (χ4v) is 9.03. The molecule has 1 aliphatic heterocycles. The van der Waals surface area contributed by atoms with Crippen molar-refractivity contribution < 1.29 is 17.9 Å². The highest BCUT2D eigenvalue weighted by Crippen LogP contribution is 2.93. The number of pyridine rings is 2. The monoisotopic (exact) mass is 653 g/mol. The summed E-state index contributed by atoms with van der Waals surface area (Å²) in [5, 5.41) is 10.7. The molecule has 0 unspecified atom stereocenters. The van der Waals surface area contributed by atoms with Gasteiger partial charge in [-0.1, -0.05) is 17.7 Å². The van der Waals surface area contributed by atoms with E-state index in [1.165, 1.54) is 42.5 Å². The highest BCUT2D eigenvalue weighted by molar-refractivity contribution is 7.90. The van der Waals surface area contributed by atoms with E-state index in [4.69, 9.17) is 16.3 Å². The van der Waals surface area contributed by atoms with Crippen LogP contribution in [0.2, 0.25) is 5.15 Å². The Morgan fingerprint density at radius 2 is 1.87 bits per heavy atom. The number of hydrogen-bond acceptors (Lipinski definition) is 9. The molecule has 240 valence electrons. The minimum absolute atomic E-state index is 0.0843. The van der Waals surface area contributed by atoms with Crippen molar-refractivity contribution in [2.24, 2.45) is 22.7 Å². The molecule has 3 N–H and O–H groups in total. The number of nitrogens with one attached hydrogen (secondary N) is 3. The standard InChI is InChI=1S/C32H40ClN7O4S/c1-30(2)19-21(20-35-30)5-4-16-34-24-6-3-7-27(36-24)45(42,43)39-29(41)22-8-9-25(37-28(22)33)40-17-10-26(38-40)44-18-11-23-31(12-13-31)32(23)14-15-32/h3,6-10,17,21,23,35H,4-5,11-16,18-20H2,1-2H3,(H,34,36)(H,39,41)/t21-/m1/s1. The Hall–Kier alpha value is -3.22. The van der Waals surface area contributed by atoms with Crippen molar-refractivity contribution in [1.82, 2.24) is 29.8 Å². The predicted molar refractivity (Wildman–Crippen MR) is 170 cm³/mol. The SMILES string of the molecule is CC1(C)C[C@@H](CCCNc2cccc(S(=O)(=O)NC(=O)c3ccc(-n4ccc(OCCC5C6(CC6)C56CC6)n4)nc3Cl)n2)CN1. The Morgan fingerprint density at radius 1 is 1.09 bits per heavy atom. The molecule has 1 saturated heterocycles. The smallest absolute Gasteiger partial charge is 0.281 e. The van der Waals surface area contributed by atoms with E-state index >= 15 is 0 Å². The van der Waals surface area contributed by atoms with E-state index in [0.29, 0.717) is 47.4 Å². The Morgan fingerprint density at radius 3 is 2.56 bits per heavy atom. The van der Waals surface area contributed by atoms with E-state index in [9.17, 15) is 13.2 Å². The highest BCUT2D eigenvalue weighted by Gasteiger charge is 2.85. The first-order valence-corrected chi connectivity index (χ1v) is 17.8. The number of anilines is 1. The summed E-state index contributed by atoms with van der Waals surface area (Å²) in [5.41, 5.74) is 1.42. The number of hydrogen-bond donors (Lipinski definition) is 3. The summed E-state index contributed by atoms with van der Waals surface area (Å²) in [6.07, 6.45) is 11.5. The molecule has 2 spiro atoms. The van der Waals surface area contributed by atoms with Crippen LogP contribution in [0.15, 0.2) is 47.6 Å². The molecule has 4 fully saturated rings. The molecule has 4 heterocycles. The molecule has 3 aliphatic carbocycles. The van der Waals surface area contributed by atoms with E-state index < -0.39 is 15.9 Å². The first kappa shape index (κ1) is 30.4. The summed E-state index contributed by atoms with van der Waals surface area (Å²) >= 11 is 6.34. The van der Waals surface area contributed by atoms with Gasteiger partial charge in [-0.3, -0.25) is 4.79 Å². The van der Waals surface area contributed by atoms with Crippen LogP contribution in [-0.2, 0) is 10.0 Å². The summed E-state index contributed by atoms with van der Waals surface area (Å²) in [6.45, 7) is 6.75. The summed E-state index contributed by atoms with van der Waals surface area (Å²) in [7, 11) is -4.26. The summed E-state index contributed by atoms with van der Waals surface area (Å²) in [5.74, 6) is 1.83. The third kappa shape index (κ3) is 6.04. The van der Waals surface area contributed by atoms with Gasteiger partial charge in [0, 0.05) is 24.3 Å². The Labute approximate surface area is 268 Å². The van der Waals surface area contributed by atoms with Crippen molar-refractivity contribution in [2.45, 2.75) is 75.8 Å². The lowest BCUT2D eigenvalue weighted by Crippen LogP contribution is -2.31. The van der Waals surface area contributed by atoms with E-state index in [-0.39, 0.29) is 21.3 Å². The number of amides is 1. The van der Waals surface area contributed by atoms with Gasteiger partial charge in [-0.2, -0.15) is 8.42 Å². The molecular weight excluding hydrogens is 614 g/mol. The number of halogens is 1. The highest BCUT2D eigenvalue weighted by atomic mass is 35.5. The molecule has 0 radical (unpaired) electrons. The van der Waals surface area contributed by atoms with Crippen molar-refractivity contribution >= 4 is 33.3 Å². The maximum Gasteiger partial charge on any atom is 0.281 e. The van der Waals surface area contributed by atoms with Crippen molar-refractivity contribution in [1.29, 1.82) is 0 Å². The van der Waals surface area contributed by atoms with Crippen LogP contribution in [0.25, 0.3) is 5.82 Å². The molecule has 0 bridgehead atoms. The van der Waals surface area contributed by atoms with E-state index in [1.807, 2.05) is 0 Å². The first-order chi connectivity index (χ1) is 21.5. The minimum atomic E-state index is -4.26. The number of carbonyl (C=O) groups is 1. The van der Waals surface area contributed by atoms with Crippen LogP contribution in [0.3, 0.4) is 0 Å². The van der Waals surface area contributed by atoms with Crippen molar-refractivity contribution in [3.8, 4) is 11.7 Å². The molecular formula is C32H40ClN7O4S. The molecule has 3 saturated carbocycles. The van der Waals surface area contributed by atoms with Crippen LogP contribution < -0.4 is 20.1 Å². The van der Waals surface area contributed by atoms with Crippen LogP contribution in [0.5, 0.6) is 5.88 Å². The molecule has 7 rings (SSSR count). The molecule has 0 aromatic carbocycles. The molecule has 3 aromatic rings. The number of rotatable bonds is 13. The quantitative estimate of drug-likeness (QED) is 0.172. The van der Waals surface area contributed by atoms with Gasteiger partial charge in [-0.15, -0.1) is 5.10 Å². The van der Waals surface area contributed by atoms with Gasteiger partial charge in [0.2, 0.25) is 5.88 Å². The Balaban J connectivity index is 0.911. The number of aromatic nitrogens is 4. The Kier molecular flexibility index (Phi) is 7.60. The number of nitrogens with zero attached hydrogens (tertiary/aromatic N) is 4. The molecule has 3 aromatic heterocycles. The zero-order chi connectivity index (χ0) is 31.5. The van der Waals surface area contributed by atoms with Gasteiger partial charge >= 0.3 is 0 Å². The van der Waals surface area contributed by atoms with Gasteiger partial charge in [0.1, 0.15) is 11.0 Å². The molecule has 13 heteroatoms. The third-order valence-corrected chi connectivity index (χ3v) is 11.9. The first-order valence-electron chi connectivity index (χ1n) is 15.9. The van der Waals surface area contributed by atoms with Gasteiger partial charge < -0.3 is 15.4 Å². The summed E-state index contributed by atoms with van der Waals surface area (Å²) in [4.78, 5) is 21.4. The second kappa shape index (κ2) is 11.2. The molecule has 45 heavy (non-hydrogen) atoms. The zero-order valence-electron chi connectivity index (χ0n) is 25.7. The topological polar surface area (TPSA) is 140 Å². The third-order valence-electron chi connectivity index (χ3n) is 10.3. The van der Waals surface area contributed by atoms with Crippen LogP contribution in [0, 0.1) is 22.7 Å². The van der Waals surface area contributed by atoms with Crippen molar-refractivity contribution in [3.05, 3.63) is 53.3 Å². The second-order valence-electron chi connectivity index (χ2n) is 13.8. The Bertz CT molecular complexity index is 1700. The van der Waals surface area contributed by atoms with Crippen molar-refractivity contribution in [2.75, 3.05) is 25.0 Å². The van der Waals surface area contributed by atoms with E-state index in [1.54, 1.807) is 30.5 Å². The lowest BCUT2D eigenvalue weighted by atomic mass is 9.94. The molecule has 1 atom stereocenters. The minimum Gasteiger partial charge on any atom is -0.477 e. The van der Waals surface area contributed by atoms with Crippen LogP contribution in [0.1, 0.15) is 75.6 Å². The van der Waals surface area contributed by atoms with Gasteiger partial charge in [-0.25, -0.2) is 19.4 Å². The number of ether oxygens (including phenoxy) is 1. The average Bonchev–Trinajstić information content (AvgIpc) is 3.95. The zero-order valence-corrected chi connectivity index (χ0v) is 27.3. The largest absolute Gasteiger partial charge is 0.477 e. The lowest BCUT2D eigenvalue weighted by Gasteiger charge is -2.17. The van der Waals surface area contributed by atoms with Crippen LogP contribution in [0.4, 0.5) is 5.82 Å². The number of fused-ring (bicyclic) bond motifs is 1. The summed E-state index contributed by atoms with van der Waals surface area (Å²) < 4.78 is 35.5. The maximum atomic E-state index is 13.0. The predicted octanol–water partition coefficient (Wildman–Crippen LogP) is 4.97. The lowest BCUT2D eigenvalue weighted by molar-refractivity contribution is 0.0981. The number of carbonyl (C=O) groups excluding carboxylic acids is 1. The number of sulfonamides is 1. The van der Waals surface area contributed by atoms with E-state index in [2.05, 4.69) is 44.3 Å². The van der Waals surface area contributed by atoms with E-state index in [0.717, 1.165) is 38.1 Å². The molecule has 4 aliphatic rings. The van der Waals surface area contributed by atoms with Gasteiger partial charge in [0.25, 0.3) is 15.9 Å². The van der Waals surface area contributed by atoms with Gasteiger partial charge in [0.15, 0.2) is 10.8 Å². The van der Waals surface area contributed by atoms with Gasteiger partial charge in [-0.05, 0) is 119 Å². The summed E-state index contributed by atoms with van der Waals surface area (Å²) in [6, 6.07) is 9.36. The van der Waals surface area contributed by atoms with Crippen molar-refractivity contribution in [3.63, 3.8) is 0 Å². The fourth-order valence-electron chi connectivity index (χ4n) is 7.86. The normalized spacial score (nSPS) is 22.0.